The summed E-state index contributed by atoms with van der Waals surface area (Å²) in [5, 5.41) is 12.9. The molecule has 182 valence electrons. The van der Waals surface area contributed by atoms with Crippen LogP contribution in [0.15, 0.2) is 140 Å². The van der Waals surface area contributed by atoms with Crippen LogP contribution in [-0.2, 0) is 0 Å². The summed E-state index contributed by atoms with van der Waals surface area (Å²) in [6.07, 6.45) is 0. The van der Waals surface area contributed by atoms with Gasteiger partial charge in [-0.2, -0.15) is 0 Å². The molecule has 8 rings (SSSR count). The standard InChI is InChI=1S/C39H26/c1-25-11-10-13-26-23-28(21-22-29(25)26)38-33-17-6-8-19-35(33)39(36-20-9-7-18-34(36)38)37-24-27-12-2-3-14-30(27)31-15-4-5-16-32(31)37/h2-24H,1H3. The Morgan fingerprint density at radius 3 is 1.54 bits per heavy atom. The normalized spacial score (nSPS) is 11.7. The van der Waals surface area contributed by atoms with Crippen LogP contribution < -0.4 is 0 Å². The molecule has 0 amide bonds. The number of benzene rings is 8. The molecule has 0 fully saturated rings. The molecule has 0 aromatic heterocycles. The van der Waals surface area contributed by atoms with Crippen LogP contribution in [0.4, 0.5) is 0 Å². The van der Waals surface area contributed by atoms with E-state index in [-0.39, 0.29) is 0 Å². The number of aryl methyl sites for hydroxylation is 1. The van der Waals surface area contributed by atoms with Crippen LogP contribution in [0.2, 0.25) is 0 Å². The quantitative estimate of drug-likeness (QED) is 0.166. The third-order valence-electron chi connectivity index (χ3n) is 8.36. The van der Waals surface area contributed by atoms with Crippen molar-refractivity contribution in [3.05, 3.63) is 145 Å². The van der Waals surface area contributed by atoms with Gasteiger partial charge in [0.15, 0.2) is 0 Å². The lowest BCUT2D eigenvalue weighted by Gasteiger charge is -2.20. The second-order valence-corrected chi connectivity index (χ2v) is 10.5. The van der Waals surface area contributed by atoms with Crippen molar-refractivity contribution in [1.29, 1.82) is 0 Å². The summed E-state index contributed by atoms with van der Waals surface area (Å²) in [6, 6.07) is 51.4. The first-order valence-corrected chi connectivity index (χ1v) is 13.6. The fraction of sp³-hybridized carbons (Fsp3) is 0.0256. The van der Waals surface area contributed by atoms with Crippen LogP contribution in [0.3, 0.4) is 0 Å². The van der Waals surface area contributed by atoms with Gasteiger partial charge in [-0.3, -0.25) is 0 Å². The van der Waals surface area contributed by atoms with Crippen molar-refractivity contribution < 1.29 is 0 Å². The van der Waals surface area contributed by atoms with Gasteiger partial charge < -0.3 is 0 Å². The molecule has 0 saturated carbocycles. The monoisotopic (exact) mass is 494 g/mol. The predicted molar refractivity (Wildman–Crippen MR) is 170 cm³/mol. The molecule has 0 unspecified atom stereocenters. The molecule has 0 nitrogen and oxygen atoms in total. The molecule has 0 heteroatoms. The Hall–Kier alpha value is -4.94. The minimum atomic E-state index is 1.26. The smallest absolute Gasteiger partial charge is 0.00199 e. The van der Waals surface area contributed by atoms with Gasteiger partial charge in [-0.25, -0.2) is 0 Å². The Bertz CT molecular complexity index is 2180. The second-order valence-electron chi connectivity index (χ2n) is 10.5. The van der Waals surface area contributed by atoms with Gasteiger partial charge in [-0.15, -0.1) is 0 Å². The summed E-state index contributed by atoms with van der Waals surface area (Å²) in [4.78, 5) is 0. The average Bonchev–Trinajstić information content (AvgIpc) is 2.99. The molecule has 0 saturated heterocycles. The van der Waals surface area contributed by atoms with E-state index in [2.05, 4.69) is 146 Å². The van der Waals surface area contributed by atoms with E-state index in [1.807, 2.05) is 0 Å². The number of hydrogen-bond donors (Lipinski definition) is 0. The molecule has 0 atom stereocenters. The van der Waals surface area contributed by atoms with E-state index in [4.69, 9.17) is 0 Å². The maximum Gasteiger partial charge on any atom is -0.00199 e. The number of hydrogen-bond acceptors (Lipinski definition) is 0. The lowest BCUT2D eigenvalue weighted by molar-refractivity contribution is 1.53. The minimum absolute atomic E-state index is 1.26. The molecular formula is C39H26. The molecule has 8 aromatic rings. The zero-order valence-electron chi connectivity index (χ0n) is 21.8. The topological polar surface area (TPSA) is 0 Å². The number of rotatable bonds is 2. The molecule has 0 radical (unpaired) electrons. The molecule has 0 N–H and O–H groups in total. The highest BCUT2D eigenvalue weighted by atomic mass is 14.2. The number of fused-ring (bicyclic) bond motifs is 6. The van der Waals surface area contributed by atoms with Gasteiger partial charge in [0.05, 0.1) is 0 Å². The Balaban J connectivity index is 1.54. The summed E-state index contributed by atoms with van der Waals surface area (Å²) < 4.78 is 0. The Labute approximate surface area is 227 Å². The van der Waals surface area contributed by atoms with Crippen LogP contribution in [0.5, 0.6) is 0 Å². The first-order valence-electron chi connectivity index (χ1n) is 13.6. The van der Waals surface area contributed by atoms with Crippen LogP contribution in [0.1, 0.15) is 5.56 Å². The van der Waals surface area contributed by atoms with E-state index in [0.717, 1.165) is 0 Å². The molecule has 0 heterocycles. The van der Waals surface area contributed by atoms with Gasteiger partial charge in [0.25, 0.3) is 0 Å². The summed E-state index contributed by atoms with van der Waals surface area (Å²) in [7, 11) is 0. The van der Waals surface area contributed by atoms with Gasteiger partial charge in [0.1, 0.15) is 0 Å². The molecule has 8 aromatic carbocycles. The van der Waals surface area contributed by atoms with Gasteiger partial charge in [0.2, 0.25) is 0 Å². The van der Waals surface area contributed by atoms with Crippen molar-refractivity contribution in [2.45, 2.75) is 6.92 Å². The molecule has 0 bridgehead atoms. The highest BCUT2D eigenvalue weighted by Gasteiger charge is 2.19. The van der Waals surface area contributed by atoms with Gasteiger partial charge >= 0.3 is 0 Å². The third kappa shape index (κ3) is 3.32. The summed E-state index contributed by atoms with van der Waals surface area (Å²) in [5.41, 5.74) is 6.47. The van der Waals surface area contributed by atoms with Crippen LogP contribution in [0, 0.1) is 6.92 Å². The van der Waals surface area contributed by atoms with Crippen LogP contribution >= 0.6 is 0 Å². The SMILES string of the molecule is Cc1cccc2cc(-c3c4ccccc4c(-c4cc5ccccc5c5ccccc45)c4ccccc34)ccc12. The van der Waals surface area contributed by atoms with Gasteiger partial charge in [-0.1, -0.05) is 127 Å². The zero-order chi connectivity index (χ0) is 25.9. The van der Waals surface area contributed by atoms with E-state index >= 15 is 0 Å². The van der Waals surface area contributed by atoms with E-state index in [1.165, 1.54) is 81.7 Å². The van der Waals surface area contributed by atoms with E-state index < -0.39 is 0 Å². The van der Waals surface area contributed by atoms with Crippen molar-refractivity contribution in [1.82, 2.24) is 0 Å². The Morgan fingerprint density at radius 2 is 0.846 bits per heavy atom. The Kier molecular flexibility index (Phi) is 4.84. The molecule has 0 aliphatic heterocycles. The minimum Gasteiger partial charge on any atom is -0.0616 e. The summed E-state index contributed by atoms with van der Waals surface area (Å²) in [6.45, 7) is 2.19. The van der Waals surface area contributed by atoms with Crippen LogP contribution in [-0.4, -0.2) is 0 Å². The molecule has 0 aliphatic carbocycles. The van der Waals surface area contributed by atoms with E-state index in [0.29, 0.717) is 0 Å². The molecule has 0 aliphatic rings. The highest BCUT2D eigenvalue weighted by molar-refractivity contribution is 6.25. The fourth-order valence-electron chi connectivity index (χ4n) is 6.59. The van der Waals surface area contributed by atoms with Crippen molar-refractivity contribution in [2.24, 2.45) is 0 Å². The Morgan fingerprint density at radius 1 is 0.333 bits per heavy atom. The lowest BCUT2D eigenvalue weighted by atomic mass is 9.83. The first-order chi connectivity index (χ1) is 19.3. The van der Waals surface area contributed by atoms with Crippen molar-refractivity contribution >= 4 is 53.9 Å². The fourth-order valence-corrected chi connectivity index (χ4v) is 6.59. The largest absolute Gasteiger partial charge is 0.0616 e. The van der Waals surface area contributed by atoms with Crippen molar-refractivity contribution in [3.8, 4) is 22.3 Å². The summed E-state index contributed by atoms with van der Waals surface area (Å²) in [5.74, 6) is 0. The molecular weight excluding hydrogens is 468 g/mol. The van der Waals surface area contributed by atoms with Crippen molar-refractivity contribution in [3.63, 3.8) is 0 Å². The van der Waals surface area contributed by atoms with Crippen molar-refractivity contribution in [2.75, 3.05) is 0 Å². The first kappa shape index (κ1) is 22.1. The average molecular weight is 495 g/mol. The van der Waals surface area contributed by atoms with Gasteiger partial charge in [-0.05, 0) is 101 Å². The highest BCUT2D eigenvalue weighted by Crippen LogP contribution is 2.46. The maximum absolute atomic E-state index is 2.39. The third-order valence-corrected chi connectivity index (χ3v) is 8.36. The summed E-state index contributed by atoms with van der Waals surface area (Å²) >= 11 is 0. The van der Waals surface area contributed by atoms with E-state index in [9.17, 15) is 0 Å². The predicted octanol–water partition coefficient (Wildman–Crippen LogP) is 11.1. The molecule has 0 spiro atoms. The zero-order valence-corrected chi connectivity index (χ0v) is 21.8. The second kappa shape index (κ2) is 8.55. The lowest BCUT2D eigenvalue weighted by Crippen LogP contribution is -1.92. The molecule has 39 heavy (non-hydrogen) atoms. The van der Waals surface area contributed by atoms with Gasteiger partial charge in [0, 0.05) is 0 Å². The van der Waals surface area contributed by atoms with E-state index in [1.54, 1.807) is 0 Å². The van der Waals surface area contributed by atoms with Crippen LogP contribution in [0.25, 0.3) is 76.1 Å². The maximum atomic E-state index is 2.39.